The van der Waals surface area contributed by atoms with Gasteiger partial charge >= 0.3 is 0 Å². The maximum absolute atomic E-state index is 11.9. The van der Waals surface area contributed by atoms with Gasteiger partial charge in [0.2, 0.25) is 0 Å². The number of nitro benzene ring substituents is 1. The molecule has 0 aliphatic rings. The molecule has 2 aromatic rings. The Labute approximate surface area is 129 Å². The molecule has 98 valence electrons. The van der Waals surface area contributed by atoms with E-state index in [-0.39, 0.29) is 11.6 Å². The molecule has 1 amide bonds. The van der Waals surface area contributed by atoms with Crippen LogP contribution in [0.25, 0.3) is 0 Å². The summed E-state index contributed by atoms with van der Waals surface area (Å²) >= 11 is 7.79. The van der Waals surface area contributed by atoms with Crippen molar-refractivity contribution in [1.29, 1.82) is 0 Å². The molecule has 2 rings (SSSR count). The Bertz CT molecular complexity index is 657. The van der Waals surface area contributed by atoms with Gasteiger partial charge in [0.05, 0.1) is 19.3 Å². The first-order valence-electron chi connectivity index (χ1n) is 4.98. The number of non-ortho nitro benzene ring substituents is 1. The quantitative estimate of drug-likeness (QED) is 0.606. The molecule has 0 radical (unpaired) electrons. The van der Waals surface area contributed by atoms with Crippen LogP contribution in [0, 0.1) is 10.1 Å². The van der Waals surface area contributed by atoms with Gasteiger partial charge in [-0.1, -0.05) is 0 Å². The molecular weight excluding hydrogens is 400 g/mol. The number of nitrogens with zero attached hydrogens (tertiary/aromatic N) is 1. The van der Waals surface area contributed by atoms with Crippen LogP contribution in [0.4, 0.5) is 11.4 Å². The highest BCUT2D eigenvalue weighted by Crippen LogP contribution is 2.28. The molecule has 1 heterocycles. The molecule has 0 fully saturated rings. The smallest absolute Gasteiger partial charge is 0.270 e. The summed E-state index contributed by atoms with van der Waals surface area (Å²) in [6.45, 7) is 0. The fraction of sp³-hybridized carbons (Fsp3) is 0. The van der Waals surface area contributed by atoms with Crippen molar-refractivity contribution in [1.82, 2.24) is 0 Å². The van der Waals surface area contributed by atoms with Crippen LogP contribution in [0.2, 0.25) is 0 Å². The van der Waals surface area contributed by atoms with Crippen molar-refractivity contribution in [3.8, 4) is 0 Å². The summed E-state index contributed by atoms with van der Waals surface area (Å²) in [5, 5.41) is 13.3. The van der Waals surface area contributed by atoms with Crippen LogP contribution in [0.15, 0.2) is 38.6 Å². The molecule has 0 unspecified atom stereocenters. The predicted molar refractivity (Wildman–Crippen MR) is 80.8 cm³/mol. The number of hydrogen-bond acceptors (Lipinski definition) is 4. The van der Waals surface area contributed by atoms with Crippen LogP contribution in [-0.2, 0) is 0 Å². The first-order chi connectivity index (χ1) is 8.97. The van der Waals surface area contributed by atoms with Crippen molar-refractivity contribution < 1.29 is 9.72 Å². The molecule has 8 heteroatoms. The van der Waals surface area contributed by atoms with E-state index >= 15 is 0 Å². The maximum atomic E-state index is 11.9. The molecule has 0 bridgehead atoms. The summed E-state index contributed by atoms with van der Waals surface area (Å²) < 4.78 is 1.33. The zero-order chi connectivity index (χ0) is 14.0. The van der Waals surface area contributed by atoms with Crippen LogP contribution < -0.4 is 5.32 Å². The Morgan fingerprint density at radius 1 is 1.26 bits per heavy atom. The second-order valence-electron chi connectivity index (χ2n) is 3.48. The van der Waals surface area contributed by atoms with Crippen molar-refractivity contribution in [2.45, 2.75) is 0 Å². The van der Waals surface area contributed by atoms with E-state index < -0.39 is 4.92 Å². The molecule has 0 saturated carbocycles. The molecule has 0 atom stereocenters. The van der Waals surface area contributed by atoms with E-state index in [1.165, 1.54) is 29.5 Å². The molecule has 5 nitrogen and oxygen atoms in total. The average molecular weight is 406 g/mol. The third kappa shape index (κ3) is 3.40. The number of benzene rings is 1. The highest BCUT2D eigenvalue weighted by molar-refractivity contribution is 9.11. The van der Waals surface area contributed by atoms with E-state index in [0.29, 0.717) is 15.0 Å². The number of halogens is 2. The van der Waals surface area contributed by atoms with E-state index in [1.54, 1.807) is 12.1 Å². The fourth-order valence-corrected chi connectivity index (χ4v) is 3.09. The van der Waals surface area contributed by atoms with E-state index in [9.17, 15) is 14.9 Å². The van der Waals surface area contributed by atoms with Crippen molar-refractivity contribution >= 4 is 60.5 Å². The van der Waals surface area contributed by atoms with E-state index in [0.717, 1.165) is 3.79 Å². The minimum absolute atomic E-state index is 0.0382. The molecule has 19 heavy (non-hydrogen) atoms. The predicted octanol–water partition coefficient (Wildman–Crippen LogP) is 4.43. The van der Waals surface area contributed by atoms with Crippen LogP contribution in [0.1, 0.15) is 9.67 Å². The Kier molecular flexibility index (Phi) is 4.33. The number of amides is 1. The Balaban J connectivity index is 2.20. The molecule has 0 spiro atoms. The minimum Gasteiger partial charge on any atom is -0.320 e. The molecular formula is C11H6Br2N2O3S. The molecule has 1 N–H and O–H groups in total. The van der Waals surface area contributed by atoms with Crippen LogP contribution in [0.3, 0.4) is 0 Å². The summed E-state index contributed by atoms with van der Waals surface area (Å²) in [4.78, 5) is 22.6. The second-order valence-corrected chi connectivity index (χ2v) is 6.80. The topological polar surface area (TPSA) is 72.2 Å². The Morgan fingerprint density at radius 3 is 2.53 bits per heavy atom. The minimum atomic E-state index is -0.493. The van der Waals surface area contributed by atoms with Crippen molar-refractivity contribution in [2.75, 3.05) is 5.32 Å². The standard InChI is InChI=1S/C11H6Br2N2O3S/c12-7-5-6(15(17)18)1-2-8(7)14-11(16)9-3-4-10(13)19-9/h1-5H,(H,14,16). The summed E-state index contributed by atoms with van der Waals surface area (Å²) in [5.74, 6) is -0.259. The zero-order valence-corrected chi connectivity index (χ0v) is 13.2. The first kappa shape index (κ1) is 14.2. The number of rotatable bonds is 3. The van der Waals surface area contributed by atoms with Crippen molar-refractivity contribution in [3.63, 3.8) is 0 Å². The lowest BCUT2D eigenvalue weighted by molar-refractivity contribution is -0.384. The third-order valence-corrected chi connectivity index (χ3v) is 4.49. The molecule has 0 aliphatic carbocycles. The summed E-state index contributed by atoms with van der Waals surface area (Å²) in [6.07, 6.45) is 0. The monoisotopic (exact) mass is 404 g/mol. The molecule has 1 aromatic carbocycles. The van der Waals surface area contributed by atoms with Gasteiger partial charge in [-0.15, -0.1) is 11.3 Å². The summed E-state index contributed by atoms with van der Waals surface area (Å²) in [7, 11) is 0. The number of nitro groups is 1. The van der Waals surface area contributed by atoms with Crippen LogP contribution in [-0.4, -0.2) is 10.8 Å². The van der Waals surface area contributed by atoms with Crippen molar-refractivity contribution in [2.24, 2.45) is 0 Å². The van der Waals surface area contributed by atoms with Gasteiger partial charge in [0.1, 0.15) is 0 Å². The second kappa shape index (κ2) is 5.81. The first-order valence-corrected chi connectivity index (χ1v) is 7.38. The van der Waals surface area contributed by atoms with Crippen LogP contribution in [0.5, 0.6) is 0 Å². The fourth-order valence-electron chi connectivity index (χ4n) is 1.34. The molecule has 0 saturated heterocycles. The third-order valence-electron chi connectivity index (χ3n) is 2.21. The number of carbonyl (C=O) groups is 1. The Hall–Kier alpha value is -1.25. The zero-order valence-electron chi connectivity index (χ0n) is 9.22. The number of thiophene rings is 1. The maximum Gasteiger partial charge on any atom is 0.270 e. The average Bonchev–Trinajstić information content (AvgIpc) is 2.78. The molecule has 0 aliphatic heterocycles. The lowest BCUT2D eigenvalue weighted by Gasteiger charge is -2.05. The lowest BCUT2D eigenvalue weighted by atomic mass is 10.3. The van der Waals surface area contributed by atoms with Gasteiger partial charge in [0, 0.05) is 16.6 Å². The lowest BCUT2D eigenvalue weighted by Crippen LogP contribution is -2.10. The normalized spacial score (nSPS) is 10.2. The van der Waals surface area contributed by atoms with Gasteiger partial charge in [-0.25, -0.2) is 0 Å². The van der Waals surface area contributed by atoms with Crippen LogP contribution >= 0.6 is 43.2 Å². The van der Waals surface area contributed by atoms with Gasteiger partial charge in [0.15, 0.2) is 0 Å². The van der Waals surface area contributed by atoms with E-state index in [1.807, 2.05) is 0 Å². The van der Waals surface area contributed by atoms with E-state index in [2.05, 4.69) is 37.2 Å². The van der Waals surface area contributed by atoms with Gasteiger partial charge < -0.3 is 5.32 Å². The highest BCUT2D eigenvalue weighted by Gasteiger charge is 2.13. The van der Waals surface area contributed by atoms with Gasteiger partial charge in [0.25, 0.3) is 11.6 Å². The van der Waals surface area contributed by atoms with E-state index in [4.69, 9.17) is 0 Å². The largest absolute Gasteiger partial charge is 0.320 e. The SMILES string of the molecule is O=C(Nc1ccc([N+](=O)[O-])cc1Br)c1ccc(Br)s1. The van der Waals surface area contributed by atoms with Gasteiger partial charge in [-0.2, -0.15) is 0 Å². The highest BCUT2D eigenvalue weighted by atomic mass is 79.9. The number of hydrogen-bond donors (Lipinski definition) is 1. The Morgan fingerprint density at radius 2 is 2.00 bits per heavy atom. The molecule has 1 aromatic heterocycles. The summed E-state index contributed by atoms with van der Waals surface area (Å²) in [6, 6.07) is 7.65. The van der Waals surface area contributed by atoms with Gasteiger partial charge in [-0.3, -0.25) is 14.9 Å². The number of carbonyl (C=O) groups excluding carboxylic acids is 1. The number of anilines is 1. The number of nitrogens with one attached hydrogen (secondary N) is 1. The van der Waals surface area contributed by atoms with Crippen molar-refractivity contribution in [3.05, 3.63) is 53.6 Å². The van der Waals surface area contributed by atoms with Gasteiger partial charge in [-0.05, 0) is 50.1 Å². The summed E-state index contributed by atoms with van der Waals surface area (Å²) in [5.41, 5.74) is 0.448.